The SMILES string of the molecule is CC1(C)CC[N+](C)(C)C(C)(C)C(C)(C)C1. The van der Waals surface area contributed by atoms with Crippen LogP contribution in [0.2, 0.25) is 0 Å². The normalized spacial score (nSPS) is 32.0. The van der Waals surface area contributed by atoms with Gasteiger partial charge in [0, 0.05) is 11.8 Å². The van der Waals surface area contributed by atoms with Crippen molar-refractivity contribution in [3.05, 3.63) is 0 Å². The Kier molecular flexibility index (Phi) is 2.80. The van der Waals surface area contributed by atoms with Gasteiger partial charge in [0.15, 0.2) is 0 Å². The third kappa shape index (κ3) is 2.08. The van der Waals surface area contributed by atoms with Crippen LogP contribution in [0.15, 0.2) is 0 Å². The number of hydrogen-bond donors (Lipinski definition) is 0. The quantitative estimate of drug-likeness (QED) is 0.537. The van der Waals surface area contributed by atoms with Crippen molar-refractivity contribution in [2.75, 3.05) is 20.6 Å². The highest BCUT2D eigenvalue weighted by Crippen LogP contribution is 2.50. The Morgan fingerprint density at radius 2 is 1.33 bits per heavy atom. The molecule has 90 valence electrons. The molecule has 1 rings (SSSR count). The zero-order valence-electron chi connectivity index (χ0n) is 12.1. The minimum absolute atomic E-state index is 0.348. The van der Waals surface area contributed by atoms with Crippen molar-refractivity contribution in [3.63, 3.8) is 0 Å². The second-order valence-corrected chi connectivity index (χ2v) is 7.94. The van der Waals surface area contributed by atoms with Gasteiger partial charge in [0.25, 0.3) is 0 Å². The van der Waals surface area contributed by atoms with Crippen molar-refractivity contribution in [3.8, 4) is 0 Å². The lowest BCUT2D eigenvalue weighted by Crippen LogP contribution is -2.62. The Bertz CT molecular complexity index is 246. The molecule has 0 radical (unpaired) electrons. The Labute approximate surface area is 96.4 Å². The predicted molar refractivity (Wildman–Crippen MR) is 67.9 cm³/mol. The summed E-state index contributed by atoms with van der Waals surface area (Å²) in [5.41, 5.74) is 1.24. The van der Waals surface area contributed by atoms with Gasteiger partial charge in [-0.25, -0.2) is 0 Å². The molecule has 0 aromatic carbocycles. The summed E-state index contributed by atoms with van der Waals surface area (Å²) < 4.78 is 1.14. The second-order valence-electron chi connectivity index (χ2n) is 7.94. The van der Waals surface area contributed by atoms with Gasteiger partial charge in [0.1, 0.15) is 0 Å². The van der Waals surface area contributed by atoms with Crippen LogP contribution in [-0.4, -0.2) is 30.7 Å². The molecular weight excluding hydrogens is 182 g/mol. The van der Waals surface area contributed by atoms with Gasteiger partial charge in [0.2, 0.25) is 0 Å². The fourth-order valence-electron chi connectivity index (χ4n) is 3.18. The van der Waals surface area contributed by atoms with E-state index in [9.17, 15) is 0 Å². The van der Waals surface area contributed by atoms with Crippen molar-refractivity contribution in [1.82, 2.24) is 0 Å². The summed E-state index contributed by atoms with van der Waals surface area (Å²) in [6, 6.07) is 0. The van der Waals surface area contributed by atoms with Crippen molar-refractivity contribution >= 4 is 0 Å². The molecule has 1 aliphatic rings. The molecule has 0 aliphatic carbocycles. The van der Waals surface area contributed by atoms with E-state index in [4.69, 9.17) is 0 Å². The minimum Gasteiger partial charge on any atom is -0.324 e. The van der Waals surface area contributed by atoms with Crippen LogP contribution < -0.4 is 0 Å². The third-order valence-corrected chi connectivity index (χ3v) is 5.44. The molecule has 0 aromatic rings. The van der Waals surface area contributed by atoms with Gasteiger partial charge in [-0.15, -0.1) is 0 Å². The van der Waals surface area contributed by atoms with Crippen LogP contribution in [0.4, 0.5) is 0 Å². The van der Waals surface area contributed by atoms with Crippen LogP contribution in [0.25, 0.3) is 0 Å². The Balaban J connectivity index is 3.16. The van der Waals surface area contributed by atoms with Crippen LogP contribution in [0.1, 0.15) is 54.4 Å². The fraction of sp³-hybridized carbons (Fsp3) is 1.00. The maximum atomic E-state index is 2.44. The summed E-state index contributed by atoms with van der Waals surface area (Å²) in [7, 11) is 4.78. The van der Waals surface area contributed by atoms with E-state index >= 15 is 0 Å². The van der Waals surface area contributed by atoms with Crippen molar-refractivity contribution in [2.45, 2.75) is 59.9 Å². The standard InChI is InChI=1S/C14H30N/c1-12(2)9-10-15(7,8)14(5,6)13(3,4)11-12/h9-11H2,1-8H3/q+1. The Morgan fingerprint density at radius 3 is 1.80 bits per heavy atom. The van der Waals surface area contributed by atoms with Crippen molar-refractivity contribution < 1.29 is 4.48 Å². The lowest BCUT2D eigenvalue weighted by molar-refractivity contribution is -0.944. The highest BCUT2D eigenvalue weighted by atomic mass is 15.4. The monoisotopic (exact) mass is 212 g/mol. The zero-order chi connectivity index (χ0) is 12.1. The molecule has 0 N–H and O–H groups in total. The van der Waals surface area contributed by atoms with Gasteiger partial charge in [-0.2, -0.15) is 0 Å². The fourth-order valence-corrected chi connectivity index (χ4v) is 3.18. The van der Waals surface area contributed by atoms with Gasteiger partial charge < -0.3 is 4.48 Å². The van der Waals surface area contributed by atoms with E-state index in [0.717, 1.165) is 4.48 Å². The van der Waals surface area contributed by atoms with Gasteiger partial charge >= 0.3 is 0 Å². The molecule has 1 fully saturated rings. The van der Waals surface area contributed by atoms with Gasteiger partial charge in [0.05, 0.1) is 26.2 Å². The van der Waals surface area contributed by atoms with E-state index in [2.05, 4.69) is 55.6 Å². The van der Waals surface area contributed by atoms with Crippen LogP contribution in [0.5, 0.6) is 0 Å². The summed E-state index contributed by atoms with van der Waals surface area (Å²) in [5, 5.41) is 0. The minimum atomic E-state index is 0.348. The molecule has 0 atom stereocenters. The molecule has 1 heteroatoms. The maximum absolute atomic E-state index is 2.44. The third-order valence-electron chi connectivity index (χ3n) is 5.44. The molecule has 0 saturated carbocycles. The van der Waals surface area contributed by atoms with Gasteiger partial charge in [-0.3, -0.25) is 0 Å². The maximum Gasteiger partial charge on any atom is 0.0982 e. The van der Waals surface area contributed by atoms with Gasteiger partial charge in [-0.05, 0) is 25.7 Å². The first kappa shape index (κ1) is 13.0. The molecule has 0 bridgehead atoms. The second kappa shape index (κ2) is 3.23. The van der Waals surface area contributed by atoms with E-state index < -0.39 is 0 Å². The largest absolute Gasteiger partial charge is 0.324 e. The van der Waals surface area contributed by atoms with Crippen molar-refractivity contribution in [2.24, 2.45) is 10.8 Å². The topological polar surface area (TPSA) is 0 Å². The number of likely N-dealkylation sites (tertiary alicyclic amines) is 1. The van der Waals surface area contributed by atoms with E-state index in [0.29, 0.717) is 16.4 Å². The molecule has 0 aromatic heterocycles. The number of rotatable bonds is 0. The first-order valence-corrected chi connectivity index (χ1v) is 6.24. The first-order chi connectivity index (χ1) is 6.41. The predicted octanol–water partition coefficient (Wildman–Crippen LogP) is 3.69. The van der Waals surface area contributed by atoms with Crippen LogP contribution in [0.3, 0.4) is 0 Å². The molecule has 1 aliphatic heterocycles. The smallest absolute Gasteiger partial charge is 0.0982 e. The van der Waals surface area contributed by atoms with Crippen molar-refractivity contribution in [1.29, 1.82) is 0 Å². The summed E-state index contributed by atoms with van der Waals surface area (Å²) in [6.45, 7) is 15.9. The lowest BCUT2D eigenvalue weighted by Gasteiger charge is -2.51. The molecule has 1 saturated heterocycles. The first-order valence-electron chi connectivity index (χ1n) is 6.24. The molecule has 1 nitrogen and oxygen atoms in total. The summed E-state index contributed by atoms with van der Waals surface area (Å²) in [5.74, 6) is 0. The molecule has 0 spiro atoms. The van der Waals surface area contributed by atoms with E-state index in [1.165, 1.54) is 19.4 Å². The summed E-state index contributed by atoms with van der Waals surface area (Å²) >= 11 is 0. The summed E-state index contributed by atoms with van der Waals surface area (Å²) in [6.07, 6.45) is 2.67. The Hall–Kier alpha value is -0.0400. The number of nitrogens with zero attached hydrogens (tertiary/aromatic N) is 1. The average molecular weight is 212 g/mol. The Morgan fingerprint density at radius 1 is 0.867 bits per heavy atom. The zero-order valence-corrected chi connectivity index (χ0v) is 12.1. The van der Waals surface area contributed by atoms with E-state index in [1.54, 1.807) is 0 Å². The highest BCUT2D eigenvalue weighted by Gasteiger charge is 2.53. The number of hydrogen-bond acceptors (Lipinski definition) is 0. The lowest BCUT2D eigenvalue weighted by atomic mass is 9.65. The molecular formula is C14H30N+. The highest BCUT2D eigenvalue weighted by molar-refractivity contribution is 4.94. The van der Waals surface area contributed by atoms with Crippen LogP contribution in [0, 0.1) is 10.8 Å². The molecule has 1 heterocycles. The molecule has 15 heavy (non-hydrogen) atoms. The average Bonchev–Trinajstić information content (AvgIpc) is 2.00. The molecule has 0 unspecified atom stereocenters. The van der Waals surface area contributed by atoms with E-state index in [1.807, 2.05) is 0 Å². The van der Waals surface area contributed by atoms with Crippen LogP contribution >= 0.6 is 0 Å². The van der Waals surface area contributed by atoms with Gasteiger partial charge in [-0.1, -0.05) is 27.7 Å². The number of quaternary nitrogens is 1. The van der Waals surface area contributed by atoms with Crippen LogP contribution in [-0.2, 0) is 0 Å². The van der Waals surface area contributed by atoms with E-state index in [-0.39, 0.29) is 0 Å². The summed E-state index contributed by atoms with van der Waals surface area (Å²) in [4.78, 5) is 0. The molecule has 0 amide bonds.